The fourth-order valence-corrected chi connectivity index (χ4v) is 5.59. The quantitative estimate of drug-likeness (QED) is 0.327. The number of nitrogens with one attached hydrogen (secondary N) is 2. The number of rotatable bonds is 7. The molecule has 3 heterocycles. The monoisotopic (exact) mass is 606 g/mol. The van der Waals surface area contributed by atoms with Gasteiger partial charge in [0.2, 0.25) is 11.8 Å². The third-order valence-corrected chi connectivity index (χ3v) is 12.2. The highest BCUT2D eigenvalue weighted by Crippen LogP contribution is 2.44. The number of aromatic nitrogens is 1. The van der Waals surface area contributed by atoms with Crippen LogP contribution in [0.3, 0.4) is 0 Å². The van der Waals surface area contributed by atoms with E-state index in [1.165, 1.54) is 11.0 Å². The molecule has 0 bridgehead atoms. The molecule has 10 nitrogen and oxygen atoms in total. The molecule has 42 heavy (non-hydrogen) atoms. The van der Waals surface area contributed by atoms with Crippen molar-refractivity contribution < 1.29 is 41.5 Å². The number of fused-ring (bicyclic) bond motifs is 1. The van der Waals surface area contributed by atoms with Gasteiger partial charge in [-0.3, -0.25) is 30.0 Å². The summed E-state index contributed by atoms with van der Waals surface area (Å²) in [6, 6.07) is 6.67. The molecule has 226 valence electrons. The molecular weight excluding hydrogens is 573 g/mol. The average molecular weight is 607 g/mol. The zero-order valence-corrected chi connectivity index (χ0v) is 24.9. The molecule has 1 saturated heterocycles. The lowest BCUT2D eigenvalue weighted by molar-refractivity contribution is -0.202. The SMILES string of the molecule is CC(C)(C)[Si](C)(C)OC(c1ccc(NC(=O)OCc2ccc3c(c2)C(=O)N(C2CCC(=O)NC2=O)C3)cn1)C(F)(F)F. The molecule has 2 aliphatic heterocycles. The average Bonchev–Trinajstić information content (AvgIpc) is 3.21. The van der Waals surface area contributed by atoms with Crippen LogP contribution in [0.5, 0.6) is 0 Å². The number of imide groups is 1. The number of ether oxygens (including phenoxy) is 1. The maximum absolute atomic E-state index is 13.9. The minimum atomic E-state index is -4.67. The fraction of sp³-hybridized carbons (Fsp3) is 0.464. The van der Waals surface area contributed by atoms with Crippen LogP contribution in [-0.4, -0.2) is 54.2 Å². The molecule has 4 amide bonds. The Hall–Kier alpha value is -3.78. The number of alkyl halides is 3. The van der Waals surface area contributed by atoms with Crippen LogP contribution in [0.25, 0.3) is 0 Å². The summed E-state index contributed by atoms with van der Waals surface area (Å²) in [6.07, 6.45) is -6.25. The van der Waals surface area contributed by atoms with Crippen LogP contribution in [0.4, 0.5) is 23.7 Å². The zero-order chi connectivity index (χ0) is 31.0. The van der Waals surface area contributed by atoms with Crippen LogP contribution in [0.15, 0.2) is 36.5 Å². The van der Waals surface area contributed by atoms with Gasteiger partial charge in [-0.1, -0.05) is 32.9 Å². The standard InChI is InChI=1S/C28H33F3N4O6Si/c1-27(2,3)42(4,5)41-23(28(29,30)31)20-9-8-18(13-32-20)33-26(39)40-15-16-6-7-17-14-35(25(38)19(17)12-16)21-10-11-22(36)34-24(21)37/h6-9,12-13,21,23H,10-11,14-15H2,1-5H3,(H,33,39)(H,34,36,37). The van der Waals surface area contributed by atoms with Crippen LogP contribution in [0.1, 0.15) is 66.9 Å². The number of hydrogen-bond donors (Lipinski definition) is 2. The first-order chi connectivity index (χ1) is 19.5. The molecule has 0 radical (unpaired) electrons. The number of amides is 4. The van der Waals surface area contributed by atoms with Gasteiger partial charge in [-0.05, 0) is 53.9 Å². The molecule has 0 spiro atoms. The van der Waals surface area contributed by atoms with Crippen LogP contribution >= 0.6 is 0 Å². The van der Waals surface area contributed by atoms with E-state index in [9.17, 15) is 32.3 Å². The van der Waals surface area contributed by atoms with Crippen molar-refractivity contribution >= 4 is 37.8 Å². The smallest absolute Gasteiger partial charge is 0.419 e. The second kappa shape index (κ2) is 11.5. The van der Waals surface area contributed by atoms with E-state index < -0.39 is 43.7 Å². The molecule has 1 aromatic carbocycles. The number of halogens is 3. The number of nitrogens with zero attached hydrogens (tertiary/aromatic N) is 2. The van der Waals surface area contributed by atoms with Crippen molar-refractivity contribution in [3.63, 3.8) is 0 Å². The van der Waals surface area contributed by atoms with Crippen LogP contribution in [0, 0.1) is 0 Å². The lowest BCUT2D eigenvalue weighted by Gasteiger charge is -2.39. The third-order valence-electron chi connectivity index (χ3n) is 7.78. The van der Waals surface area contributed by atoms with E-state index in [0.717, 1.165) is 12.3 Å². The van der Waals surface area contributed by atoms with Crippen molar-refractivity contribution in [3.05, 3.63) is 58.9 Å². The summed E-state index contributed by atoms with van der Waals surface area (Å²) in [7, 11) is -2.78. The number of pyridine rings is 1. The summed E-state index contributed by atoms with van der Waals surface area (Å²) in [6.45, 7) is 9.01. The highest BCUT2D eigenvalue weighted by atomic mass is 28.4. The molecule has 4 rings (SSSR count). The molecule has 0 saturated carbocycles. The Bertz CT molecular complexity index is 1390. The normalized spacial score (nSPS) is 18.4. The van der Waals surface area contributed by atoms with E-state index in [1.807, 2.05) is 20.8 Å². The Labute approximate surface area is 242 Å². The van der Waals surface area contributed by atoms with Gasteiger partial charge in [0.15, 0.2) is 14.4 Å². The van der Waals surface area contributed by atoms with Crippen molar-refractivity contribution in [2.24, 2.45) is 0 Å². The summed E-state index contributed by atoms with van der Waals surface area (Å²) >= 11 is 0. The molecule has 1 fully saturated rings. The molecule has 14 heteroatoms. The Balaban J connectivity index is 1.35. The molecule has 2 aromatic rings. The van der Waals surface area contributed by atoms with E-state index >= 15 is 0 Å². The van der Waals surface area contributed by atoms with Gasteiger partial charge in [0, 0.05) is 18.5 Å². The van der Waals surface area contributed by atoms with Crippen molar-refractivity contribution in [2.45, 2.75) is 83.2 Å². The van der Waals surface area contributed by atoms with Gasteiger partial charge >= 0.3 is 12.3 Å². The predicted octanol–water partition coefficient (Wildman–Crippen LogP) is 5.22. The lowest BCUT2D eigenvalue weighted by atomic mass is 10.0. The first-order valence-electron chi connectivity index (χ1n) is 13.4. The second-order valence-electron chi connectivity index (χ2n) is 11.9. The first-order valence-corrected chi connectivity index (χ1v) is 16.3. The Kier molecular flexibility index (Phi) is 8.51. The second-order valence-corrected chi connectivity index (χ2v) is 16.6. The summed E-state index contributed by atoms with van der Waals surface area (Å²) in [5.41, 5.74) is 1.41. The zero-order valence-electron chi connectivity index (χ0n) is 23.9. The predicted molar refractivity (Wildman–Crippen MR) is 148 cm³/mol. The number of hydrogen-bond acceptors (Lipinski definition) is 7. The van der Waals surface area contributed by atoms with Crippen molar-refractivity contribution in [1.29, 1.82) is 0 Å². The fourth-order valence-electron chi connectivity index (χ4n) is 4.40. The van der Waals surface area contributed by atoms with Crippen molar-refractivity contribution in [3.8, 4) is 0 Å². The van der Waals surface area contributed by atoms with Gasteiger partial charge in [-0.2, -0.15) is 13.2 Å². The van der Waals surface area contributed by atoms with Crippen LogP contribution in [0.2, 0.25) is 18.1 Å². The molecule has 2 aliphatic rings. The molecule has 2 unspecified atom stereocenters. The van der Waals surface area contributed by atoms with Crippen molar-refractivity contribution in [2.75, 3.05) is 5.32 Å². The van der Waals surface area contributed by atoms with Gasteiger partial charge in [0.25, 0.3) is 5.91 Å². The number of carbonyl (C=O) groups excluding carboxylic acids is 4. The molecule has 0 aliphatic carbocycles. The highest BCUT2D eigenvalue weighted by Gasteiger charge is 2.49. The summed E-state index contributed by atoms with van der Waals surface area (Å²) in [4.78, 5) is 54.3. The topological polar surface area (TPSA) is 127 Å². The molecule has 2 N–H and O–H groups in total. The Morgan fingerprint density at radius 1 is 1.17 bits per heavy atom. The number of anilines is 1. The summed E-state index contributed by atoms with van der Waals surface area (Å²) < 4.78 is 52.5. The van der Waals surface area contributed by atoms with Gasteiger partial charge in [0.1, 0.15) is 12.6 Å². The van der Waals surface area contributed by atoms with Gasteiger partial charge in [0.05, 0.1) is 17.6 Å². The van der Waals surface area contributed by atoms with Gasteiger partial charge in [-0.25, -0.2) is 4.79 Å². The Morgan fingerprint density at radius 3 is 2.48 bits per heavy atom. The van der Waals surface area contributed by atoms with Crippen molar-refractivity contribution in [1.82, 2.24) is 15.2 Å². The first kappa shape index (κ1) is 31.2. The Morgan fingerprint density at radius 2 is 1.88 bits per heavy atom. The summed E-state index contributed by atoms with van der Waals surface area (Å²) in [5.74, 6) is -1.23. The minimum Gasteiger partial charge on any atom is -0.444 e. The van der Waals surface area contributed by atoms with E-state index in [1.54, 1.807) is 31.3 Å². The van der Waals surface area contributed by atoms with Crippen LogP contribution < -0.4 is 10.6 Å². The molecule has 1 aromatic heterocycles. The third kappa shape index (κ3) is 6.81. The summed E-state index contributed by atoms with van der Waals surface area (Å²) in [5, 5.41) is 4.23. The molecular formula is C28H33F3N4O6Si. The van der Waals surface area contributed by atoms with E-state index in [-0.39, 0.29) is 49.2 Å². The maximum Gasteiger partial charge on any atom is 0.419 e. The lowest BCUT2D eigenvalue weighted by Crippen LogP contribution is -2.52. The highest BCUT2D eigenvalue weighted by molar-refractivity contribution is 6.74. The maximum atomic E-state index is 13.9. The largest absolute Gasteiger partial charge is 0.444 e. The van der Waals surface area contributed by atoms with Crippen LogP contribution in [-0.2, 0) is 31.9 Å². The van der Waals surface area contributed by atoms with Gasteiger partial charge in [-0.15, -0.1) is 0 Å². The molecule has 2 atom stereocenters. The van der Waals surface area contributed by atoms with E-state index in [2.05, 4.69) is 15.6 Å². The number of benzene rings is 1. The number of piperidine rings is 1. The van der Waals surface area contributed by atoms with Gasteiger partial charge < -0.3 is 14.1 Å². The minimum absolute atomic E-state index is 0.126. The van der Waals surface area contributed by atoms with E-state index in [0.29, 0.717) is 16.7 Å². The number of carbonyl (C=O) groups is 4. The van der Waals surface area contributed by atoms with E-state index in [4.69, 9.17) is 9.16 Å².